The van der Waals surface area contributed by atoms with Crippen molar-refractivity contribution >= 4 is 164 Å². The Morgan fingerprint density at radius 3 is 0.591 bits per heavy atom. The van der Waals surface area contributed by atoms with Gasteiger partial charge in [0.25, 0.3) is 0 Å². The van der Waals surface area contributed by atoms with E-state index in [9.17, 15) is 0 Å². The van der Waals surface area contributed by atoms with E-state index in [0.29, 0.717) is 0 Å². The molecular weight excluding hydrogens is 1610 g/mol. The van der Waals surface area contributed by atoms with Gasteiger partial charge in [-0.2, -0.15) is 0 Å². The summed E-state index contributed by atoms with van der Waals surface area (Å²) in [6, 6.07) is 145. The normalized spacial score (nSPS) is 11.6. The van der Waals surface area contributed by atoms with Gasteiger partial charge in [-0.1, -0.05) is 346 Å². The molecule has 132 heavy (non-hydrogen) atoms. The predicted molar refractivity (Wildman–Crippen MR) is 544 cm³/mol. The molecule has 0 atom stereocenters. The highest BCUT2D eigenvalue weighted by atomic mass is 14.8. The lowest BCUT2D eigenvalue weighted by atomic mass is 9.94. The number of pyridine rings is 12. The van der Waals surface area contributed by atoms with Crippen molar-refractivity contribution in [1.29, 1.82) is 0 Å². The molecule has 0 saturated carbocycles. The van der Waals surface area contributed by atoms with Gasteiger partial charge < -0.3 is 0 Å². The van der Waals surface area contributed by atoms with Crippen molar-refractivity contribution in [3.8, 4) is 101 Å². The molecule has 0 spiro atoms. The topological polar surface area (TPSA) is 155 Å². The smallest absolute Gasteiger partial charge is 0.0978 e. The quantitative estimate of drug-likeness (QED) is 0.0998. The molecule has 0 saturated heterocycles. The molecule has 12 aromatic heterocycles. The second kappa shape index (κ2) is 32.1. The van der Waals surface area contributed by atoms with E-state index >= 15 is 0 Å². The van der Waals surface area contributed by atoms with E-state index in [2.05, 4.69) is 344 Å². The molecule has 0 fully saturated rings. The summed E-state index contributed by atoms with van der Waals surface area (Å²) in [7, 11) is 0. The lowest BCUT2D eigenvalue weighted by Gasteiger charge is -2.14. The summed E-state index contributed by atoms with van der Waals surface area (Å²) in [4.78, 5) is 60.0. The minimum atomic E-state index is 0.905. The molecule has 612 valence electrons. The molecule has 0 aliphatic carbocycles. The molecular formula is C120H72N12. The predicted octanol–water partition coefficient (Wildman–Crippen LogP) is 30.1. The van der Waals surface area contributed by atoms with E-state index in [0.717, 1.165) is 253 Å². The summed E-state index contributed by atoms with van der Waals surface area (Å²) in [5, 5.41) is 16.4. The molecule has 0 radical (unpaired) electrons. The Morgan fingerprint density at radius 1 is 0.114 bits per heavy atom. The third-order valence-corrected chi connectivity index (χ3v) is 25.4. The number of rotatable bonds is 9. The summed E-state index contributed by atoms with van der Waals surface area (Å²) < 4.78 is 0. The van der Waals surface area contributed by atoms with Crippen LogP contribution in [-0.2, 0) is 0 Å². The second-order valence-electron chi connectivity index (χ2n) is 33.3. The summed E-state index contributed by atoms with van der Waals surface area (Å²) in [6.07, 6.45) is 5.50. The second-order valence-corrected chi connectivity index (χ2v) is 33.3. The van der Waals surface area contributed by atoms with Crippen molar-refractivity contribution in [2.24, 2.45) is 0 Å². The van der Waals surface area contributed by atoms with Crippen LogP contribution in [0.3, 0.4) is 0 Å². The summed E-state index contributed by atoms with van der Waals surface area (Å²) in [5.74, 6) is 0. The lowest BCUT2D eigenvalue weighted by Crippen LogP contribution is -1.93. The highest BCUT2D eigenvalue weighted by Gasteiger charge is 2.22. The van der Waals surface area contributed by atoms with Crippen molar-refractivity contribution in [3.05, 3.63) is 437 Å². The van der Waals surface area contributed by atoms with Gasteiger partial charge in [-0.25, -0.2) is 44.9 Å². The third kappa shape index (κ3) is 13.6. The molecule has 0 aliphatic rings. The van der Waals surface area contributed by atoms with Gasteiger partial charge in [0.15, 0.2) is 0 Å². The monoisotopic (exact) mass is 1680 g/mol. The van der Waals surface area contributed by atoms with Crippen LogP contribution in [0.5, 0.6) is 0 Å². The minimum Gasteiger partial charge on any atom is -0.254 e. The van der Waals surface area contributed by atoms with Gasteiger partial charge in [0, 0.05) is 149 Å². The Hall–Kier alpha value is -18.0. The molecule has 0 unspecified atom stereocenters. The first kappa shape index (κ1) is 76.4. The van der Waals surface area contributed by atoms with Gasteiger partial charge in [-0.3, -0.25) is 15.0 Å². The molecule has 12 heteroatoms. The van der Waals surface area contributed by atoms with Crippen molar-refractivity contribution in [2.75, 3.05) is 0 Å². The molecule has 12 nitrogen and oxygen atoms in total. The van der Waals surface area contributed by atoms with Gasteiger partial charge in [0.1, 0.15) is 0 Å². The van der Waals surface area contributed by atoms with Crippen molar-refractivity contribution in [1.82, 2.24) is 59.8 Å². The number of aromatic nitrogens is 12. The fourth-order valence-electron chi connectivity index (χ4n) is 18.9. The molecule has 0 amide bonds. The van der Waals surface area contributed by atoms with Gasteiger partial charge in [0.2, 0.25) is 0 Å². The van der Waals surface area contributed by atoms with E-state index in [-0.39, 0.29) is 0 Å². The van der Waals surface area contributed by atoms with Crippen LogP contribution >= 0.6 is 0 Å². The molecule has 0 aliphatic heterocycles. The van der Waals surface area contributed by atoms with Crippen LogP contribution in [0.2, 0.25) is 0 Å². The van der Waals surface area contributed by atoms with Gasteiger partial charge in [0.05, 0.1) is 117 Å². The number of nitrogens with zero attached hydrogens (tertiary/aromatic N) is 12. The number of hydrogen-bond acceptors (Lipinski definition) is 12. The van der Waals surface area contributed by atoms with E-state index in [1.165, 1.54) is 11.1 Å². The van der Waals surface area contributed by atoms with E-state index in [1.54, 1.807) is 0 Å². The first-order valence-electron chi connectivity index (χ1n) is 44.2. The Kier molecular flexibility index (Phi) is 18.6. The largest absolute Gasteiger partial charge is 0.254 e. The van der Waals surface area contributed by atoms with Crippen LogP contribution in [0.1, 0.15) is 0 Å². The summed E-state index contributed by atoms with van der Waals surface area (Å²) in [6.45, 7) is 0. The van der Waals surface area contributed by atoms with E-state index in [4.69, 9.17) is 49.8 Å². The van der Waals surface area contributed by atoms with Crippen LogP contribution in [-0.4, -0.2) is 59.8 Å². The summed E-state index contributed by atoms with van der Waals surface area (Å²) >= 11 is 0. The Bertz CT molecular complexity index is 9330. The maximum Gasteiger partial charge on any atom is 0.0978 e. The molecule has 0 bridgehead atoms. The lowest BCUT2D eigenvalue weighted by molar-refractivity contribution is 1.36. The van der Waals surface area contributed by atoms with Crippen LogP contribution in [0.4, 0.5) is 0 Å². The molecule has 0 N–H and O–H groups in total. The zero-order chi connectivity index (χ0) is 87.1. The average molecular weight is 1680 g/mol. The van der Waals surface area contributed by atoms with Crippen molar-refractivity contribution in [2.45, 2.75) is 0 Å². The molecule has 27 aromatic rings. The van der Waals surface area contributed by atoms with Crippen LogP contribution < -0.4 is 0 Å². The Labute approximate surface area is 756 Å². The Balaban J connectivity index is 0.000000107. The average Bonchev–Trinajstić information content (AvgIpc) is 0.742. The number of hydrogen-bond donors (Lipinski definition) is 0. The maximum atomic E-state index is 5.20. The fraction of sp³-hybridized carbons (Fsp3) is 0. The van der Waals surface area contributed by atoms with Crippen LogP contribution in [0.25, 0.3) is 264 Å². The van der Waals surface area contributed by atoms with Gasteiger partial charge in [-0.05, 0) is 89.5 Å². The minimum absolute atomic E-state index is 0.905. The van der Waals surface area contributed by atoms with Crippen molar-refractivity contribution in [3.63, 3.8) is 0 Å². The maximum absolute atomic E-state index is 5.20. The molecule has 15 aromatic carbocycles. The zero-order valence-corrected chi connectivity index (χ0v) is 70.9. The van der Waals surface area contributed by atoms with Crippen LogP contribution in [0.15, 0.2) is 437 Å². The standard InChI is InChI=1S/C46H28N4.C40H24N4.C34H20N4/c1-3-9-29(10-4-1)38-26-22-33-19-20-34-23-28-40(48-44(34)43(33)47-38)31-15-17-32(18-16-31)42-36-13-7-8-14-41(36)50-46-37(42)25-21-35-24-27-39(49-45(35)46)30-11-5-2-6-12-30;1-2-7-25(8-3-1)33-22-19-29-16-17-30-20-23-34(43-39(30)38(29)42-33)26-12-14-27(15-13-26)36-31-10-4-5-11-35(31)44-40-32(36)21-18-28-9-6-24-41-37(28)40;1-2-8-29-26(7-1)30(27-17-15-24-6-4-20-36-32(24)34(27)38-29)22-11-9-21(10-12-22)28-18-16-25-14-13-23-5-3-19-35-31(23)33(25)37-28/h1-28H;1-24H;1-20H. The summed E-state index contributed by atoms with van der Waals surface area (Å²) in [5.41, 5.74) is 32.8. The number of benzene rings is 15. The molecule has 12 heterocycles. The fourth-order valence-corrected chi connectivity index (χ4v) is 18.9. The van der Waals surface area contributed by atoms with E-state index in [1.807, 2.05) is 104 Å². The van der Waals surface area contributed by atoms with Gasteiger partial charge >= 0.3 is 0 Å². The third-order valence-electron chi connectivity index (χ3n) is 25.4. The van der Waals surface area contributed by atoms with E-state index < -0.39 is 0 Å². The Morgan fingerprint density at radius 2 is 0.311 bits per heavy atom. The number of para-hydroxylation sites is 3. The zero-order valence-electron chi connectivity index (χ0n) is 70.9. The van der Waals surface area contributed by atoms with Gasteiger partial charge in [-0.15, -0.1) is 0 Å². The highest BCUT2D eigenvalue weighted by Crippen LogP contribution is 2.44. The SMILES string of the molecule is c1ccc(-c2ccc3ccc4ccc(-c5ccc(-c6c7ccccc7nc7c6ccc6ccc(-c8ccccc8)nc67)cc5)nc4c3n2)cc1.c1ccc(-c2ccc3ccc4ccc(-c5ccc(-c6c7ccccc7nc7c6ccc6cccnc67)cc5)nc4c3n2)cc1.c1cnc2c(c1)ccc1ccc(-c3ccc(-c4c5ccccc5nc5c4ccc4cccnc45)cc3)nc12. The first-order valence-corrected chi connectivity index (χ1v) is 44.2. The van der Waals surface area contributed by atoms with Crippen LogP contribution in [0, 0.1) is 0 Å². The van der Waals surface area contributed by atoms with Crippen molar-refractivity contribution < 1.29 is 0 Å². The number of fused-ring (bicyclic) bond motifs is 21. The first-order chi connectivity index (χ1) is 65.4. The molecule has 27 rings (SSSR count). The highest BCUT2D eigenvalue weighted by molar-refractivity contribution is 6.20.